The summed E-state index contributed by atoms with van der Waals surface area (Å²) in [4.78, 5) is 12.6. The Morgan fingerprint density at radius 2 is 1.47 bits per heavy atom. The van der Waals surface area contributed by atoms with Gasteiger partial charge in [0.05, 0.1) is 21.9 Å². The van der Waals surface area contributed by atoms with Gasteiger partial charge in [0.2, 0.25) is 15.9 Å². The first-order valence-corrected chi connectivity index (χ1v) is 13.7. The Labute approximate surface area is 207 Å². The van der Waals surface area contributed by atoms with Gasteiger partial charge in [-0.2, -0.15) is 14.8 Å². The highest BCUT2D eigenvalue weighted by atomic mass is 32.2. The van der Waals surface area contributed by atoms with Crippen LogP contribution in [0.4, 0.5) is 6.01 Å². The van der Waals surface area contributed by atoms with Gasteiger partial charge in [0.15, 0.2) is 9.84 Å². The van der Waals surface area contributed by atoms with Crippen molar-refractivity contribution < 1.29 is 26.0 Å². The van der Waals surface area contributed by atoms with Gasteiger partial charge in [-0.05, 0) is 48.5 Å². The highest BCUT2D eigenvalue weighted by molar-refractivity contribution is 7.90. The third-order valence-electron chi connectivity index (χ3n) is 4.88. The molecule has 1 heterocycles. The lowest BCUT2D eigenvalue weighted by atomic mass is 10.2. The van der Waals surface area contributed by atoms with E-state index in [1.807, 2.05) is 12.1 Å². The molecular formula is C22H20N6O6S2. The molecule has 12 nitrogen and oxygen atoms in total. The van der Waals surface area contributed by atoms with E-state index in [9.17, 15) is 21.6 Å². The van der Waals surface area contributed by atoms with Crippen LogP contribution in [0.3, 0.4) is 0 Å². The SMILES string of the molecule is CS(=O)(=O)c1ccc(-c2nnc(NC(=O)c3ccc(S(=O)(=O)N(CCC#N)CCC#N)cc3)o2)cc1. The average Bonchev–Trinajstić information content (AvgIpc) is 3.32. The Kier molecular flexibility index (Phi) is 8.16. The van der Waals surface area contributed by atoms with Gasteiger partial charge in [0.25, 0.3) is 5.91 Å². The molecule has 3 aromatic rings. The molecule has 0 bridgehead atoms. The Morgan fingerprint density at radius 1 is 0.917 bits per heavy atom. The summed E-state index contributed by atoms with van der Waals surface area (Å²) in [7, 11) is -7.32. The normalized spacial score (nSPS) is 11.6. The summed E-state index contributed by atoms with van der Waals surface area (Å²) in [6.07, 6.45) is 1.03. The van der Waals surface area contributed by atoms with Crippen molar-refractivity contribution in [1.82, 2.24) is 14.5 Å². The number of hydrogen-bond donors (Lipinski definition) is 1. The van der Waals surface area contributed by atoms with Gasteiger partial charge in [-0.15, -0.1) is 5.10 Å². The number of carbonyl (C=O) groups excluding carboxylic acids is 1. The maximum absolute atomic E-state index is 12.9. The smallest absolute Gasteiger partial charge is 0.322 e. The zero-order valence-corrected chi connectivity index (χ0v) is 20.6. The molecule has 2 aromatic carbocycles. The fraction of sp³-hybridized carbons (Fsp3) is 0.227. The third-order valence-corrected chi connectivity index (χ3v) is 7.92. The molecule has 0 saturated carbocycles. The predicted octanol–water partition coefficient (Wildman–Crippen LogP) is 2.21. The van der Waals surface area contributed by atoms with Crippen LogP contribution in [0.25, 0.3) is 11.5 Å². The summed E-state index contributed by atoms with van der Waals surface area (Å²) >= 11 is 0. The van der Waals surface area contributed by atoms with Crippen molar-refractivity contribution in [3.63, 3.8) is 0 Å². The second-order valence-electron chi connectivity index (χ2n) is 7.41. The summed E-state index contributed by atoms with van der Waals surface area (Å²) in [6, 6.07) is 14.4. The van der Waals surface area contributed by atoms with Crippen LogP contribution in [0.2, 0.25) is 0 Å². The molecule has 1 aromatic heterocycles. The zero-order chi connectivity index (χ0) is 26.3. The third kappa shape index (κ3) is 6.31. The van der Waals surface area contributed by atoms with E-state index in [2.05, 4.69) is 15.5 Å². The monoisotopic (exact) mass is 528 g/mol. The van der Waals surface area contributed by atoms with Crippen molar-refractivity contribution in [2.45, 2.75) is 22.6 Å². The minimum atomic E-state index is -3.97. The minimum Gasteiger partial charge on any atom is -0.403 e. The molecule has 0 saturated heterocycles. The maximum atomic E-state index is 12.9. The number of aromatic nitrogens is 2. The largest absolute Gasteiger partial charge is 0.403 e. The van der Waals surface area contributed by atoms with Crippen LogP contribution in [-0.4, -0.2) is 56.6 Å². The first-order valence-electron chi connectivity index (χ1n) is 10.4. The van der Waals surface area contributed by atoms with E-state index < -0.39 is 25.8 Å². The summed E-state index contributed by atoms with van der Waals surface area (Å²) in [5.41, 5.74) is 0.564. The first-order chi connectivity index (χ1) is 17.1. The second kappa shape index (κ2) is 11.1. The number of nitrogens with zero attached hydrogens (tertiary/aromatic N) is 5. The van der Waals surface area contributed by atoms with Gasteiger partial charge in [-0.3, -0.25) is 10.1 Å². The maximum Gasteiger partial charge on any atom is 0.322 e. The fourth-order valence-corrected chi connectivity index (χ4v) is 5.11. The van der Waals surface area contributed by atoms with Crippen molar-refractivity contribution in [3.05, 3.63) is 54.1 Å². The Hall–Kier alpha value is -4.11. The zero-order valence-electron chi connectivity index (χ0n) is 18.9. The number of rotatable bonds is 10. The highest BCUT2D eigenvalue weighted by Crippen LogP contribution is 2.22. The summed E-state index contributed by atoms with van der Waals surface area (Å²) in [5, 5.41) is 27.5. The van der Waals surface area contributed by atoms with Crippen molar-refractivity contribution in [1.29, 1.82) is 10.5 Å². The van der Waals surface area contributed by atoms with Gasteiger partial charge in [-0.25, -0.2) is 16.8 Å². The molecule has 0 spiro atoms. The summed E-state index contributed by atoms with van der Waals surface area (Å²) < 4.78 is 55.4. The lowest BCUT2D eigenvalue weighted by Crippen LogP contribution is -2.32. The molecule has 14 heteroatoms. The van der Waals surface area contributed by atoms with E-state index in [1.165, 1.54) is 48.5 Å². The van der Waals surface area contributed by atoms with Crippen molar-refractivity contribution >= 4 is 31.8 Å². The van der Waals surface area contributed by atoms with E-state index in [0.717, 1.165) is 10.6 Å². The Morgan fingerprint density at radius 3 is 2.00 bits per heavy atom. The first kappa shape index (κ1) is 26.5. The fourth-order valence-electron chi connectivity index (χ4n) is 3.03. The molecule has 0 fully saturated rings. The topological polar surface area (TPSA) is 187 Å². The molecule has 0 aliphatic rings. The molecule has 36 heavy (non-hydrogen) atoms. The van der Waals surface area contributed by atoms with Gasteiger partial charge in [-0.1, -0.05) is 5.10 Å². The van der Waals surface area contributed by atoms with Crippen LogP contribution >= 0.6 is 0 Å². The van der Waals surface area contributed by atoms with Crippen LogP contribution in [0, 0.1) is 22.7 Å². The van der Waals surface area contributed by atoms with E-state index in [0.29, 0.717) is 5.56 Å². The molecule has 1 N–H and O–H groups in total. The lowest BCUT2D eigenvalue weighted by molar-refractivity contribution is 0.102. The number of amides is 1. The van der Waals surface area contributed by atoms with Gasteiger partial charge >= 0.3 is 6.01 Å². The molecule has 0 aliphatic heterocycles. The van der Waals surface area contributed by atoms with Gasteiger partial charge in [0.1, 0.15) is 0 Å². The number of hydrogen-bond acceptors (Lipinski definition) is 10. The predicted molar refractivity (Wildman–Crippen MR) is 126 cm³/mol. The average molecular weight is 529 g/mol. The number of sulfonamides is 1. The molecule has 0 unspecified atom stereocenters. The van der Waals surface area contributed by atoms with E-state index >= 15 is 0 Å². The quantitative estimate of drug-likeness (QED) is 0.408. The number of sulfone groups is 1. The van der Waals surface area contributed by atoms with Crippen LogP contribution in [0.15, 0.2) is 62.7 Å². The van der Waals surface area contributed by atoms with Crippen LogP contribution in [-0.2, 0) is 19.9 Å². The number of nitriles is 2. The Bertz CT molecular complexity index is 1520. The molecule has 1 amide bonds. The minimum absolute atomic E-state index is 0.0286. The number of carbonyl (C=O) groups is 1. The number of nitrogens with one attached hydrogen (secondary N) is 1. The van der Waals surface area contributed by atoms with E-state index in [1.54, 1.807) is 0 Å². The van der Waals surface area contributed by atoms with E-state index in [4.69, 9.17) is 14.9 Å². The summed E-state index contributed by atoms with van der Waals surface area (Å²) in [5.74, 6) is -0.575. The van der Waals surface area contributed by atoms with Crippen LogP contribution in [0.5, 0.6) is 0 Å². The summed E-state index contributed by atoms with van der Waals surface area (Å²) in [6.45, 7) is -0.113. The molecule has 0 atom stereocenters. The standard InChI is InChI=1S/C22H20N6O6S2/c1-35(30,31)18-8-6-17(7-9-18)21-26-27-22(34-21)25-20(29)16-4-10-19(11-5-16)36(32,33)28(14-2-12-23)15-3-13-24/h4-11H,2-3,14-15H2,1H3,(H,25,27,29). The molecule has 3 rings (SSSR count). The van der Waals surface area contributed by atoms with Crippen LogP contribution < -0.4 is 5.32 Å². The number of benzene rings is 2. The molecule has 0 aliphatic carbocycles. The van der Waals surface area contributed by atoms with Gasteiger partial charge in [0, 0.05) is 43.3 Å². The van der Waals surface area contributed by atoms with E-state index in [-0.39, 0.29) is 53.2 Å². The molecular weight excluding hydrogens is 508 g/mol. The van der Waals surface area contributed by atoms with Crippen molar-refractivity contribution in [3.8, 4) is 23.6 Å². The second-order valence-corrected chi connectivity index (χ2v) is 11.4. The van der Waals surface area contributed by atoms with Crippen molar-refractivity contribution in [2.75, 3.05) is 24.7 Å². The Balaban J connectivity index is 1.71. The lowest BCUT2D eigenvalue weighted by Gasteiger charge is -2.20. The van der Waals surface area contributed by atoms with Gasteiger partial charge < -0.3 is 4.42 Å². The van der Waals surface area contributed by atoms with Crippen LogP contribution in [0.1, 0.15) is 23.2 Å². The van der Waals surface area contributed by atoms with Crippen molar-refractivity contribution in [2.24, 2.45) is 0 Å². The number of anilines is 1. The molecule has 0 radical (unpaired) electrons. The highest BCUT2D eigenvalue weighted by Gasteiger charge is 2.24. The molecule has 186 valence electrons.